The Kier molecular flexibility index (Phi) is 3.14. The van der Waals surface area contributed by atoms with Gasteiger partial charge in [-0.25, -0.2) is 0 Å². The van der Waals surface area contributed by atoms with Crippen LogP contribution in [0.25, 0.3) is 11.0 Å². The molecular formula is C11H10BrClO. The Morgan fingerprint density at radius 1 is 1.36 bits per heavy atom. The number of alkyl halides is 1. The monoisotopic (exact) mass is 272 g/mol. The zero-order chi connectivity index (χ0) is 9.97. The number of hydrogen-bond acceptors (Lipinski definition) is 1. The van der Waals surface area contributed by atoms with Crippen LogP contribution in [-0.2, 0) is 6.42 Å². The molecule has 0 atom stereocenters. The Morgan fingerprint density at radius 2 is 2.21 bits per heavy atom. The molecule has 1 heterocycles. The first kappa shape index (κ1) is 10.1. The van der Waals surface area contributed by atoms with Crippen molar-refractivity contribution in [3.8, 4) is 0 Å². The molecule has 0 aliphatic heterocycles. The molecule has 0 unspecified atom stereocenters. The second-order valence-electron chi connectivity index (χ2n) is 3.16. The standard InChI is InChI=1S/C11H10BrClO/c12-6-2-4-9-7-8-3-1-5-10(13)11(8)14-9/h1,3,5,7H,2,4,6H2. The smallest absolute Gasteiger partial charge is 0.152 e. The molecule has 0 aliphatic carbocycles. The molecule has 3 heteroatoms. The number of aryl methyl sites for hydroxylation is 1. The largest absolute Gasteiger partial charge is 0.460 e. The Bertz CT molecular complexity index is 436. The third-order valence-corrected chi connectivity index (χ3v) is 2.96. The van der Waals surface area contributed by atoms with Crippen LogP contribution in [0.15, 0.2) is 28.7 Å². The fraction of sp³-hybridized carbons (Fsp3) is 0.273. The van der Waals surface area contributed by atoms with E-state index < -0.39 is 0 Å². The van der Waals surface area contributed by atoms with Gasteiger partial charge < -0.3 is 4.42 Å². The van der Waals surface area contributed by atoms with Gasteiger partial charge in [0.25, 0.3) is 0 Å². The lowest BCUT2D eigenvalue weighted by Crippen LogP contribution is -1.80. The van der Waals surface area contributed by atoms with E-state index in [0.717, 1.165) is 34.9 Å². The van der Waals surface area contributed by atoms with Gasteiger partial charge in [0.1, 0.15) is 5.76 Å². The molecule has 74 valence electrons. The minimum absolute atomic E-state index is 0.688. The quantitative estimate of drug-likeness (QED) is 0.755. The highest BCUT2D eigenvalue weighted by molar-refractivity contribution is 9.09. The zero-order valence-corrected chi connectivity index (χ0v) is 9.94. The van der Waals surface area contributed by atoms with Gasteiger partial charge in [0.15, 0.2) is 5.58 Å². The fourth-order valence-corrected chi connectivity index (χ4v) is 1.95. The zero-order valence-electron chi connectivity index (χ0n) is 7.59. The molecule has 1 nitrogen and oxygen atoms in total. The van der Waals surface area contributed by atoms with E-state index in [4.69, 9.17) is 16.0 Å². The molecule has 0 amide bonds. The molecule has 0 fully saturated rings. The van der Waals surface area contributed by atoms with Gasteiger partial charge >= 0.3 is 0 Å². The lowest BCUT2D eigenvalue weighted by molar-refractivity contribution is 0.546. The molecule has 0 saturated carbocycles. The molecule has 0 bridgehead atoms. The maximum atomic E-state index is 6.00. The summed E-state index contributed by atoms with van der Waals surface area (Å²) < 4.78 is 5.65. The number of fused-ring (bicyclic) bond motifs is 1. The number of para-hydroxylation sites is 1. The van der Waals surface area contributed by atoms with Crippen molar-refractivity contribution >= 4 is 38.5 Å². The number of halogens is 2. The molecule has 0 saturated heterocycles. The van der Waals surface area contributed by atoms with E-state index in [1.54, 1.807) is 0 Å². The SMILES string of the molecule is Clc1cccc2cc(CCCBr)oc12. The molecule has 0 radical (unpaired) electrons. The minimum Gasteiger partial charge on any atom is -0.460 e. The average Bonchev–Trinajstić information content (AvgIpc) is 2.59. The minimum atomic E-state index is 0.688. The summed E-state index contributed by atoms with van der Waals surface area (Å²) in [5.41, 5.74) is 0.804. The lowest BCUT2D eigenvalue weighted by Gasteiger charge is -1.91. The molecule has 0 spiro atoms. The van der Waals surface area contributed by atoms with Crippen molar-refractivity contribution < 1.29 is 4.42 Å². The van der Waals surface area contributed by atoms with Crippen molar-refractivity contribution in [2.45, 2.75) is 12.8 Å². The molecule has 14 heavy (non-hydrogen) atoms. The van der Waals surface area contributed by atoms with E-state index in [1.807, 2.05) is 18.2 Å². The molecule has 2 aromatic rings. The van der Waals surface area contributed by atoms with Crippen LogP contribution in [0, 0.1) is 0 Å². The summed E-state index contributed by atoms with van der Waals surface area (Å²) in [6, 6.07) is 7.86. The summed E-state index contributed by atoms with van der Waals surface area (Å²) in [5, 5.41) is 2.77. The third kappa shape index (κ3) is 1.96. The van der Waals surface area contributed by atoms with E-state index >= 15 is 0 Å². The second kappa shape index (κ2) is 4.37. The highest BCUT2D eigenvalue weighted by atomic mass is 79.9. The van der Waals surface area contributed by atoms with Gasteiger partial charge in [-0.15, -0.1) is 0 Å². The molecule has 2 rings (SSSR count). The van der Waals surface area contributed by atoms with Gasteiger partial charge in [-0.05, 0) is 18.6 Å². The number of benzene rings is 1. The predicted octanol–water partition coefficient (Wildman–Crippen LogP) is 4.41. The molecule has 0 aliphatic rings. The molecular weight excluding hydrogens is 263 g/mol. The number of furan rings is 1. The first-order chi connectivity index (χ1) is 6.81. The maximum absolute atomic E-state index is 6.00. The highest BCUT2D eigenvalue weighted by Crippen LogP contribution is 2.27. The summed E-state index contributed by atoms with van der Waals surface area (Å²) in [7, 11) is 0. The van der Waals surface area contributed by atoms with Crippen LogP contribution in [0.2, 0.25) is 5.02 Å². The van der Waals surface area contributed by atoms with E-state index in [1.165, 1.54) is 0 Å². The number of hydrogen-bond donors (Lipinski definition) is 0. The van der Waals surface area contributed by atoms with E-state index in [9.17, 15) is 0 Å². The van der Waals surface area contributed by atoms with Crippen molar-refractivity contribution in [1.82, 2.24) is 0 Å². The Hall–Kier alpha value is -0.470. The molecule has 1 aromatic carbocycles. The van der Waals surface area contributed by atoms with Crippen molar-refractivity contribution in [3.05, 3.63) is 35.0 Å². The van der Waals surface area contributed by atoms with Crippen LogP contribution in [0.1, 0.15) is 12.2 Å². The third-order valence-electron chi connectivity index (χ3n) is 2.10. The van der Waals surface area contributed by atoms with Gasteiger partial charge in [-0.2, -0.15) is 0 Å². The van der Waals surface area contributed by atoms with Crippen molar-refractivity contribution in [2.75, 3.05) is 5.33 Å². The van der Waals surface area contributed by atoms with Gasteiger partial charge in [-0.1, -0.05) is 39.7 Å². The summed E-state index contributed by atoms with van der Waals surface area (Å²) in [6.07, 6.45) is 2.04. The highest BCUT2D eigenvalue weighted by Gasteiger charge is 2.05. The topological polar surface area (TPSA) is 13.1 Å². The average molecular weight is 274 g/mol. The summed E-state index contributed by atoms with van der Waals surface area (Å²) in [6.45, 7) is 0. The number of rotatable bonds is 3. The molecule has 0 N–H and O–H groups in total. The predicted molar refractivity (Wildman–Crippen MR) is 63.3 cm³/mol. The van der Waals surface area contributed by atoms with Crippen LogP contribution in [0.5, 0.6) is 0 Å². The fourth-order valence-electron chi connectivity index (χ4n) is 1.45. The normalized spacial score (nSPS) is 11.0. The van der Waals surface area contributed by atoms with E-state index in [-0.39, 0.29) is 0 Å². The Morgan fingerprint density at radius 3 is 2.93 bits per heavy atom. The summed E-state index contributed by atoms with van der Waals surface area (Å²) in [4.78, 5) is 0. The van der Waals surface area contributed by atoms with Crippen molar-refractivity contribution in [2.24, 2.45) is 0 Å². The van der Waals surface area contributed by atoms with E-state index in [0.29, 0.717) is 5.02 Å². The van der Waals surface area contributed by atoms with Crippen molar-refractivity contribution in [1.29, 1.82) is 0 Å². The first-order valence-electron chi connectivity index (χ1n) is 4.54. The van der Waals surface area contributed by atoms with Gasteiger partial charge in [-0.3, -0.25) is 0 Å². The van der Waals surface area contributed by atoms with Crippen LogP contribution in [0.3, 0.4) is 0 Å². The van der Waals surface area contributed by atoms with Crippen LogP contribution in [-0.4, -0.2) is 5.33 Å². The van der Waals surface area contributed by atoms with Gasteiger partial charge in [0.2, 0.25) is 0 Å². The maximum Gasteiger partial charge on any atom is 0.152 e. The second-order valence-corrected chi connectivity index (χ2v) is 4.36. The Balaban J connectivity index is 2.36. The van der Waals surface area contributed by atoms with Crippen LogP contribution in [0.4, 0.5) is 0 Å². The van der Waals surface area contributed by atoms with Crippen LogP contribution >= 0.6 is 27.5 Å². The van der Waals surface area contributed by atoms with E-state index in [2.05, 4.69) is 22.0 Å². The molecule has 1 aromatic heterocycles. The summed E-state index contributed by atoms with van der Waals surface area (Å²) >= 11 is 9.40. The first-order valence-corrected chi connectivity index (χ1v) is 6.04. The van der Waals surface area contributed by atoms with Gasteiger partial charge in [0, 0.05) is 17.1 Å². The summed E-state index contributed by atoms with van der Waals surface area (Å²) in [5.74, 6) is 1.01. The Labute approximate surface area is 96.2 Å². The van der Waals surface area contributed by atoms with Gasteiger partial charge in [0.05, 0.1) is 5.02 Å². The van der Waals surface area contributed by atoms with Crippen molar-refractivity contribution in [3.63, 3.8) is 0 Å². The lowest BCUT2D eigenvalue weighted by atomic mass is 10.2. The van der Waals surface area contributed by atoms with Crippen LogP contribution < -0.4 is 0 Å².